The van der Waals surface area contributed by atoms with Crippen LogP contribution in [0.3, 0.4) is 0 Å². The highest BCUT2D eigenvalue weighted by Gasteiger charge is 2.32. The lowest BCUT2D eigenvalue weighted by atomic mass is 9.99. The lowest BCUT2D eigenvalue weighted by molar-refractivity contribution is -0.385. The number of nitro benzene ring substituents is 1. The van der Waals surface area contributed by atoms with Crippen molar-refractivity contribution in [3.63, 3.8) is 0 Å². The van der Waals surface area contributed by atoms with Gasteiger partial charge in [0.2, 0.25) is 15.8 Å². The van der Waals surface area contributed by atoms with Crippen LogP contribution in [0, 0.1) is 17.0 Å². The number of nitrogens with two attached hydrogens (primary N) is 1. The lowest BCUT2D eigenvalue weighted by Crippen LogP contribution is -2.20. The van der Waals surface area contributed by atoms with E-state index in [1.54, 1.807) is 19.1 Å². The van der Waals surface area contributed by atoms with Crippen LogP contribution in [0.15, 0.2) is 41.3 Å². The zero-order chi connectivity index (χ0) is 18.9. The Balaban J connectivity index is 2.86. The molecule has 2 rings (SSSR count). The van der Waals surface area contributed by atoms with Crippen molar-refractivity contribution in [3.05, 3.63) is 68.8 Å². The first-order valence-electron chi connectivity index (χ1n) is 6.72. The first-order valence-corrected chi connectivity index (χ1v) is 8.27. The molecule has 0 atom stereocenters. The van der Waals surface area contributed by atoms with E-state index in [0.717, 1.165) is 5.56 Å². The Morgan fingerprint density at radius 2 is 1.68 bits per heavy atom. The first-order chi connectivity index (χ1) is 11.5. The second-order valence-electron chi connectivity index (χ2n) is 5.17. The van der Waals surface area contributed by atoms with Crippen LogP contribution >= 0.6 is 0 Å². The molecule has 2 aromatic rings. The summed E-state index contributed by atoms with van der Waals surface area (Å²) < 4.78 is 23.6. The Labute approximate surface area is 141 Å². The molecular formula is C15H12N2O7S. The predicted octanol–water partition coefficient (Wildman–Crippen LogP) is 1.48. The maximum absolute atomic E-state index is 12.7. The number of aromatic carboxylic acids is 1. The largest absolute Gasteiger partial charge is 0.478 e. The molecule has 0 saturated carbocycles. The summed E-state index contributed by atoms with van der Waals surface area (Å²) in [5.74, 6) is -2.55. The summed E-state index contributed by atoms with van der Waals surface area (Å²) in [7, 11) is -4.60. The Bertz CT molecular complexity index is 995. The van der Waals surface area contributed by atoms with E-state index in [1.807, 2.05) is 0 Å². The van der Waals surface area contributed by atoms with Crippen LogP contribution in [-0.4, -0.2) is 30.2 Å². The zero-order valence-electron chi connectivity index (χ0n) is 12.8. The smallest absolute Gasteiger partial charge is 0.335 e. The monoisotopic (exact) mass is 364 g/mol. The average molecular weight is 364 g/mol. The number of nitro groups is 1. The lowest BCUT2D eigenvalue weighted by Gasteiger charge is -2.09. The summed E-state index contributed by atoms with van der Waals surface area (Å²) >= 11 is 0. The van der Waals surface area contributed by atoms with E-state index < -0.39 is 48.4 Å². The van der Waals surface area contributed by atoms with E-state index in [4.69, 9.17) is 10.2 Å². The molecule has 9 nitrogen and oxygen atoms in total. The Hall–Kier alpha value is -3.11. The van der Waals surface area contributed by atoms with Gasteiger partial charge in [0.25, 0.3) is 5.69 Å². The number of carboxylic acids is 1. The van der Waals surface area contributed by atoms with Gasteiger partial charge >= 0.3 is 5.97 Å². The van der Waals surface area contributed by atoms with E-state index >= 15 is 0 Å². The Morgan fingerprint density at radius 3 is 2.12 bits per heavy atom. The van der Waals surface area contributed by atoms with E-state index in [1.165, 1.54) is 12.1 Å². The average Bonchev–Trinajstić information content (AvgIpc) is 2.52. The Kier molecular flexibility index (Phi) is 4.68. The van der Waals surface area contributed by atoms with Crippen molar-refractivity contribution < 1.29 is 28.0 Å². The van der Waals surface area contributed by atoms with Gasteiger partial charge in [0.1, 0.15) is 10.5 Å². The molecule has 0 fully saturated rings. The quantitative estimate of drug-likeness (QED) is 0.462. The van der Waals surface area contributed by atoms with Crippen LogP contribution < -0.4 is 5.14 Å². The minimum atomic E-state index is -4.60. The molecule has 0 saturated heterocycles. The summed E-state index contributed by atoms with van der Waals surface area (Å²) in [5.41, 5.74) is -1.58. The predicted molar refractivity (Wildman–Crippen MR) is 86.0 cm³/mol. The van der Waals surface area contributed by atoms with Gasteiger partial charge in [-0.3, -0.25) is 14.9 Å². The molecule has 0 bridgehead atoms. The van der Waals surface area contributed by atoms with Gasteiger partial charge in [-0.15, -0.1) is 0 Å². The van der Waals surface area contributed by atoms with E-state index in [-0.39, 0.29) is 5.56 Å². The fraction of sp³-hybridized carbons (Fsp3) is 0.0667. The number of sulfonamides is 1. The third-order valence-electron chi connectivity index (χ3n) is 3.37. The van der Waals surface area contributed by atoms with Crippen molar-refractivity contribution in [3.8, 4) is 0 Å². The number of hydrogen-bond acceptors (Lipinski definition) is 6. The number of primary sulfonamides is 1. The van der Waals surface area contributed by atoms with Crippen molar-refractivity contribution in [2.24, 2.45) is 5.14 Å². The van der Waals surface area contributed by atoms with Crippen LogP contribution in [-0.2, 0) is 10.0 Å². The molecule has 3 N–H and O–H groups in total. The highest BCUT2D eigenvalue weighted by molar-refractivity contribution is 7.89. The van der Waals surface area contributed by atoms with Gasteiger partial charge in [-0.2, -0.15) is 0 Å². The van der Waals surface area contributed by atoms with E-state index in [0.29, 0.717) is 12.1 Å². The molecule has 0 aliphatic carbocycles. The number of carboxylic acid groups (broad SMARTS) is 1. The summed E-state index contributed by atoms with van der Waals surface area (Å²) in [4.78, 5) is 33.1. The van der Waals surface area contributed by atoms with Crippen molar-refractivity contribution in [2.45, 2.75) is 11.8 Å². The maximum atomic E-state index is 12.7. The van der Waals surface area contributed by atoms with Gasteiger partial charge in [0.05, 0.1) is 10.5 Å². The molecule has 0 spiro atoms. The second-order valence-corrected chi connectivity index (χ2v) is 6.70. The highest BCUT2D eigenvalue weighted by atomic mass is 32.2. The van der Waals surface area contributed by atoms with Crippen molar-refractivity contribution in [1.29, 1.82) is 0 Å². The van der Waals surface area contributed by atoms with Crippen LogP contribution in [0.25, 0.3) is 0 Å². The standard InChI is InChI=1S/C15H12N2O7S/c1-8-2-4-9(5-3-8)14(18)13-11(17(21)22)6-10(15(19)20)7-12(13)25(16,23)24/h2-7H,1H3,(H,19,20)(H2,16,23,24). The van der Waals surface area contributed by atoms with Gasteiger partial charge in [-0.05, 0) is 13.0 Å². The van der Waals surface area contributed by atoms with Gasteiger partial charge in [-0.1, -0.05) is 29.8 Å². The van der Waals surface area contributed by atoms with Gasteiger partial charge < -0.3 is 5.11 Å². The molecular weight excluding hydrogens is 352 g/mol. The minimum Gasteiger partial charge on any atom is -0.478 e. The van der Waals surface area contributed by atoms with Crippen LogP contribution in [0.5, 0.6) is 0 Å². The molecule has 0 aliphatic heterocycles. The molecule has 0 amide bonds. The number of hydrogen-bond donors (Lipinski definition) is 2. The number of aryl methyl sites for hydroxylation is 1. The van der Waals surface area contributed by atoms with Crippen molar-refractivity contribution in [1.82, 2.24) is 0 Å². The SMILES string of the molecule is Cc1ccc(C(=O)c2c([N+](=O)[O-])cc(C(=O)O)cc2S(N)(=O)=O)cc1. The fourth-order valence-corrected chi connectivity index (χ4v) is 2.94. The van der Waals surface area contributed by atoms with Crippen LogP contribution in [0.2, 0.25) is 0 Å². The van der Waals surface area contributed by atoms with Crippen molar-refractivity contribution in [2.75, 3.05) is 0 Å². The van der Waals surface area contributed by atoms with E-state index in [9.17, 15) is 28.1 Å². The van der Waals surface area contributed by atoms with Gasteiger partial charge in [0, 0.05) is 11.6 Å². The maximum Gasteiger partial charge on any atom is 0.335 e. The molecule has 0 aliphatic rings. The summed E-state index contributed by atoms with van der Waals surface area (Å²) in [5, 5.41) is 25.3. The third-order valence-corrected chi connectivity index (χ3v) is 4.31. The molecule has 0 aromatic heterocycles. The number of rotatable bonds is 5. The molecule has 130 valence electrons. The molecule has 0 heterocycles. The summed E-state index contributed by atoms with van der Waals surface area (Å²) in [6.07, 6.45) is 0. The normalized spacial score (nSPS) is 11.1. The summed E-state index contributed by atoms with van der Waals surface area (Å²) in [6.45, 7) is 1.76. The minimum absolute atomic E-state index is 0.00155. The Morgan fingerprint density at radius 1 is 1.12 bits per heavy atom. The number of nitrogens with zero attached hydrogens (tertiary/aromatic N) is 1. The zero-order valence-corrected chi connectivity index (χ0v) is 13.6. The van der Waals surface area contributed by atoms with Gasteiger partial charge in [-0.25, -0.2) is 18.4 Å². The first kappa shape index (κ1) is 18.2. The molecule has 25 heavy (non-hydrogen) atoms. The topological polar surface area (TPSA) is 158 Å². The number of carbonyl (C=O) groups excluding carboxylic acids is 1. The van der Waals surface area contributed by atoms with Gasteiger partial charge in [0.15, 0.2) is 0 Å². The third kappa shape index (κ3) is 3.70. The molecule has 0 unspecified atom stereocenters. The number of carbonyl (C=O) groups is 2. The number of ketones is 1. The van der Waals surface area contributed by atoms with Crippen LogP contribution in [0.4, 0.5) is 5.69 Å². The summed E-state index contributed by atoms with van der Waals surface area (Å²) in [6, 6.07) is 7.14. The highest BCUT2D eigenvalue weighted by Crippen LogP contribution is 2.30. The molecule has 10 heteroatoms. The number of benzene rings is 2. The fourth-order valence-electron chi connectivity index (χ4n) is 2.17. The van der Waals surface area contributed by atoms with E-state index in [2.05, 4.69) is 0 Å². The van der Waals surface area contributed by atoms with Crippen LogP contribution in [0.1, 0.15) is 31.8 Å². The molecule has 0 radical (unpaired) electrons. The second kappa shape index (κ2) is 6.42. The molecule has 2 aromatic carbocycles. The van der Waals surface area contributed by atoms with Crippen molar-refractivity contribution >= 4 is 27.5 Å².